The number of thioether (sulfide) groups is 1. The van der Waals surface area contributed by atoms with Gasteiger partial charge in [-0.2, -0.15) is 11.8 Å². The maximum absolute atomic E-state index is 6.05. The van der Waals surface area contributed by atoms with Crippen LogP contribution < -0.4 is 5.73 Å². The number of hydrogen-bond donors (Lipinski definition) is 1. The molecule has 0 amide bonds. The Morgan fingerprint density at radius 2 is 2.15 bits per heavy atom. The predicted octanol–water partition coefficient (Wildman–Crippen LogP) is 3.22. The second-order valence-electron chi connectivity index (χ2n) is 5.49. The lowest BCUT2D eigenvalue weighted by molar-refractivity contribution is 0.190. The van der Waals surface area contributed by atoms with Gasteiger partial charge in [0.15, 0.2) is 0 Å². The van der Waals surface area contributed by atoms with Crippen LogP contribution in [-0.4, -0.2) is 28.5 Å². The van der Waals surface area contributed by atoms with Crippen LogP contribution in [0.5, 0.6) is 0 Å². The van der Waals surface area contributed by atoms with E-state index in [-0.39, 0.29) is 0 Å². The predicted molar refractivity (Wildman–Crippen MR) is 85.9 cm³/mol. The first-order chi connectivity index (χ1) is 9.70. The molecule has 3 rings (SSSR count). The van der Waals surface area contributed by atoms with Crippen LogP contribution in [0.25, 0.3) is 11.0 Å². The molecule has 2 N–H and O–H groups in total. The van der Waals surface area contributed by atoms with E-state index in [1.807, 2.05) is 18.2 Å². The summed E-state index contributed by atoms with van der Waals surface area (Å²) in [6.45, 7) is 7.15. The van der Waals surface area contributed by atoms with Crippen molar-refractivity contribution >= 4 is 22.7 Å². The second kappa shape index (κ2) is 5.80. The first-order valence-electron chi connectivity index (χ1n) is 7.25. The molecule has 20 heavy (non-hydrogen) atoms. The molecule has 2 heterocycles. The molecule has 0 saturated carbocycles. The van der Waals surface area contributed by atoms with Crippen LogP contribution in [0, 0.1) is 0 Å². The molecule has 4 heteroatoms. The standard InChI is InChI=1S/C16H22N2OS/c1-11-12(2)20-8-7-18(11)10-16-14(9-17)13-5-3-4-6-15(13)19-16/h3-6,11-12H,7-10,17H2,1-2H3. The molecule has 1 aliphatic heterocycles. The number of benzene rings is 1. The van der Waals surface area contributed by atoms with Crippen LogP contribution in [0.2, 0.25) is 0 Å². The Hall–Kier alpha value is -0.970. The number of nitrogens with zero attached hydrogens (tertiary/aromatic N) is 1. The van der Waals surface area contributed by atoms with Crippen molar-refractivity contribution in [3.8, 4) is 0 Å². The summed E-state index contributed by atoms with van der Waals surface area (Å²) in [5, 5.41) is 1.84. The summed E-state index contributed by atoms with van der Waals surface area (Å²) in [6.07, 6.45) is 0. The minimum atomic E-state index is 0.541. The van der Waals surface area contributed by atoms with E-state index in [0.717, 1.165) is 29.8 Å². The van der Waals surface area contributed by atoms with E-state index in [9.17, 15) is 0 Å². The zero-order chi connectivity index (χ0) is 14.1. The van der Waals surface area contributed by atoms with Crippen molar-refractivity contribution < 1.29 is 4.42 Å². The minimum absolute atomic E-state index is 0.541. The first kappa shape index (κ1) is 14.0. The van der Waals surface area contributed by atoms with Crippen LogP contribution in [0.4, 0.5) is 0 Å². The van der Waals surface area contributed by atoms with Crippen molar-refractivity contribution in [3.05, 3.63) is 35.6 Å². The van der Waals surface area contributed by atoms with Gasteiger partial charge >= 0.3 is 0 Å². The van der Waals surface area contributed by atoms with Gasteiger partial charge in [0.2, 0.25) is 0 Å². The Morgan fingerprint density at radius 3 is 2.95 bits per heavy atom. The van der Waals surface area contributed by atoms with E-state index in [4.69, 9.17) is 10.2 Å². The summed E-state index contributed by atoms with van der Waals surface area (Å²) in [6, 6.07) is 8.76. The number of para-hydroxylation sites is 1. The lowest BCUT2D eigenvalue weighted by Gasteiger charge is -2.37. The Kier molecular flexibility index (Phi) is 4.06. The molecule has 2 aromatic rings. The summed E-state index contributed by atoms with van der Waals surface area (Å²) < 4.78 is 6.05. The number of nitrogens with two attached hydrogens (primary N) is 1. The van der Waals surface area contributed by atoms with E-state index >= 15 is 0 Å². The maximum atomic E-state index is 6.05. The lowest BCUT2D eigenvalue weighted by atomic mass is 10.1. The van der Waals surface area contributed by atoms with E-state index in [1.165, 1.54) is 11.3 Å². The van der Waals surface area contributed by atoms with Gasteiger partial charge in [-0.25, -0.2) is 0 Å². The van der Waals surface area contributed by atoms with Crippen LogP contribution in [-0.2, 0) is 13.1 Å². The first-order valence-corrected chi connectivity index (χ1v) is 8.30. The molecule has 3 nitrogen and oxygen atoms in total. The zero-order valence-corrected chi connectivity index (χ0v) is 13.0. The van der Waals surface area contributed by atoms with Gasteiger partial charge in [-0.15, -0.1) is 0 Å². The van der Waals surface area contributed by atoms with Gasteiger partial charge in [0.25, 0.3) is 0 Å². The van der Waals surface area contributed by atoms with Crippen LogP contribution in [0.3, 0.4) is 0 Å². The number of hydrogen-bond acceptors (Lipinski definition) is 4. The molecule has 2 unspecified atom stereocenters. The summed E-state index contributed by atoms with van der Waals surface area (Å²) in [7, 11) is 0. The Bertz CT molecular complexity index is 595. The second-order valence-corrected chi connectivity index (χ2v) is 6.98. The molecule has 108 valence electrons. The average molecular weight is 290 g/mol. The van der Waals surface area contributed by atoms with Crippen molar-refractivity contribution in [2.75, 3.05) is 12.3 Å². The maximum Gasteiger partial charge on any atom is 0.134 e. The van der Waals surface area contributed by atoms with Gasteiger partial charge in [0, 0.05) is 41.1 Å². The summed E-state index contributed by atoms with van der Waals surface area (Å²) in [4.78, 5) is 2.51. The molecule has 1 aliphatic rings. The van der Waals surface area contributed by atoms with Crippen molar-refractivity contribution in [2.24, 2.45) is 5.73 Å². The lowest BCUT2D eigenvalue weighted by Crippen LogP contribution is -2.44. The third kappa shape index (κ3) is 2.48. The van der Waals surface area contributed by atoms with E-state index in [2.05, 4.69) is 36.6 Å². The molecule has 1 saturated heterocycles. The van der Waals surface area contributed by atoms with Gasteiger partial charge < -0.3 is 10.2 Å². The van der Waals surface area contributed by atoms with Crippen molar-refractivity contribution in [1.29, 1.82) is 0 Å². The summed E-state index contributed by atoms with van der Waals surface area (Å²) in [5.74, 6) is 2.24. The van der Waals surface area contributed by atoms with E-state index < -0.39 is 0 Å². The minimum Gasteiger partial charge on any atom is -0.459 e. The smallest absolute Gasteiger partial charge is 0.134 e. The third-order valence-electron chi connectivity index (χ3n) is 4.35. The molecule has 1 fully saturated rings. The highest BCUT2D eigenvalue weighted by molar-refractivity contribution is 8.00. The molecule has 2 atom stereocenters. The largest absolute Gasteiger partial charge is 0.459 e. The van der Waals surface area contributed by atoms with Gasteiger partial charge in [0.1, 0.15) is 11.3 Å². The van der Waals surface area contributed by atoms with Gasteiger partial charge in [0.05, 0.1) is 6.54 Å². The fraction of sp³-hybridized carbons (Fsp3) is 0.500. The highest BCUT2D eigenvalue weighted by atomic mass is 32.2. The van der Waals surface area contributed by atoms with Crippen LogP contribution >= 0.6 is 11.8 Å². The molecule has 0 radical (unpaired) electrons. The highest BCUT2D eigenvalue weighted by Crippen LogP contribution is 2.30. The Morgan fingerprint density at radius 1 is 1.35 bits per heavy atom. The number of furan rings is 1. The van der Waals surface area contributed by atoms with Crippen LogP contribution in [0.1, 0.15) is 25.2 Å². The van der Waals surface area contributed by atoms with Gasteiger partial charge in [-0.1, -0.05) is 25.1 Å². The number of fused-ring (bicyclic) bond motifs is 1. The van der Waals surface area contributed by atoms with Crippen molar-refractivity contribution in [2.45, 2.75) is 38.2 Å². The Labute approximate surface area is 124 Å². The number of rotatable bonds is 3. The SMILES string of the molecule is CC1SCCN(Cc2oc3ccccc3c2CN)C1C. The quantitative estimate of drug-likeness (QED) is 0.942. The molecule has 0 aliphatic carbocycles. The molecule has 0 spiro atoms. The molecular weight excluding hydrogens is 268 g/mol. The fourth-order valence-electron chi connectivity index (χ4n) is 2.90. The van der Waals surface area contributed by atoms with Gasteiger partial charge in [-0.3, -0.25) is 4.90 Å². The van der Waals surface area contributed by atoms with Crippen molar-refractivity contribution in [3.63, 3.8) is 0 Å². The zero-order valence-electron chi connectivity index (χ0n) is 12.1. The fourth-order valence-corrected chi connectivity index (χ4v) is 4.07. The molecule has 1 aromatic carbocycles. The monoisotopic (exact) mass is 290 g/mol. The summed E-state index contributed by atoms with van der Waals surface area (Å²) in [5.41, 5.74) is 8.06. The Balaban J connectivity index is 1.90. The van der Waals surface area contributed by atoms with Gasteiger partial charge in [-0.05, 0) is 13.0 Å². The molecule has 0 bridgehead atoms. The van der Waals surface area contributed by atoms with Crippen molar-refractivity contribution in [1.82, 2.24) is 4.90 Å². The normalized spacial score (nSPS) is 24.4. The molecular formula is C16H22N2OS. The highest BCUT2D eigenvalue weighted by Gasteiger charge is 2.27. The summed E-state index contributed by atoms with van der Waals surface area (Å²) >= 11 is 2.06. The third-order valence-corrected chi connectivity index (χ3v) is 5.69. The topological polar surface area (TPSA) is 42.4 Å². The van der Waals surface area contributed by atoms with E-state index in [1.54, 1.807) is 0 Å². The average Bonchev–Trinajstić information content (AvgIpc) is 2.81. The van der Waals surface area contributed by atoms with Crippen LogP contribution in [0.15, 0.2) is 28.7 Å². The molecule has 1 aromatic heterocycles. The van der Waals surface area contributed by atoms with E-state index in [0.29, 0.717) is 17.8 Å².